The highest BCUT2D eigenvalue weighted by atomic mass is 32.2. The number of nitrogens with one attached hydrogen (secondary N) is 1. The van der Waals surface area contributed by atoms with Gasteiger partial charge in [-0.15, -0.1) is 11.3 Å². The van der Waals surface area contributed by atoms with Crippen molar-refractivity contribution >= 4 is 50.7 Å². The number of hydrogen-bond donors (Lipinski definition) is 1. The molecule has 0 bridgehead atoms. The number of rotatable bonds is 7. The van der Waals surface area contributed by atoms with Gasteiger partial charge in [0.05, 0.1) is 5.25 Å². The molecule has 2 heterocycles. The molecular formula is C20H21N3O2S2. The number of ketones is 1. The van der Waals surface area contributed by atoms with E-state index in [1.165, 1.54) is 23.6 Å². The van der Waals surface area contributed by atoms with Crippen molar-refractivity contribution in [2.45, 2.75) is 43.9 Å². The first-order valence-electron chi connectivity index (χ1n) is 8.83. The van der Waals surface area contributed by atoms with Crippen LogP contribution in [0, 0.1) is 0 Å². The molecule has 1 atom stereocenters. The van der Waals surface area contributed by atoms with E-state index in [-0.39, 0.29) is 16.9 Å². The summed E-state index contributed by atoms with van der Waals surface area (Å²) in [4.78, 5) is 35.1. The summed E-state index contributed by atoms with van der Waals surface area (Å²) < 4.78 is 0. The summed E-state index contributed by atoms with van der Waals surface area (Å²) in [5.74, 6) is -0.0689. The summed E-state index contributed by atoms with van der Waals surface area (Å²) in [6.07, 6.45) is 3.20. The van der Waals surface area contributed by atoms with Crippen LogP contribution in [0.1, 0.15) is 42.4 Å². The normalized spacial score (nSPS) is 12.1. The van der Waals surface area contributed by atoms with E-state index in [0.29, 0.717) is 17.7 Å². The summed E-state index contributed by atoms with van der Waals surface area (Å²) >= 11 is 3.14. The van der Waals surface area contributed by atoms with Crippen molar-refractivity contribution in [3.05, 3.63) is 47.1 Å². The van der Waals surface area contributed by atoms with Crippen molar-refractivity contribution in [3.63, 3.8) is 0 Å². The molecule has 0 saturated heterocycles. The smallest absolute Gasteiger partial charge is 0.237 e. The molecule has 0 aliphatic rings. The lowest BCUT2D eigenvalue weighted by atomic mass is 10.1. The standard InChI is InChI=1S/C20H21N3O2S2/c1-4-15-10-16-19(26-15)21-11-22-20(16)27-17(5-2)18(25)23-14-8-6-13(7-9-14)12(3)24/h6-11,17H,4-5H2,1-3H3,(H,23,25). The van der Waals surface area contributed by atoms with E-state index >= 15 is 0 Å². The molecule has 0 fully saturated rings. The second kappa shape index (κ2) is 8.63. The molecule has 0 radical (unpaired) electrons. The molecule has 140 valence electrons. The van der Waals surface area contributed by atoms with Gasteiger partial charge in [-0.1, -0.05) is 25.6 Å². The maximum Gasteiger partial charge on any atom is 0.237 e. The lowest BCUT2D eigenvalue weighted by molar-refractivity contribution is -0.115. The van der Waals surface area contributed by atoms with Crippen molar-refractivity contribution in [1.82, 2.24) is 9.97 Å². The van der Waals surface area contributed by atoms with Crippen LogP contribution in [0.25, 0.3) is 10.2 Å². The van der Waals surface area contributed by atoms with Crippen LogP contribution in [0.2, 0.25) is 0 Å². The number of Topliss-reactive ketones (excluding diaryl/α,β-unsaturated/α-hetero) is 1. The summed E-state index contributed by atoms with van der Waals surface area (Å²) in [6, 6.07) is 9.06. The zero-order valence-electron chi connectivity index (χ0n) is 15.5. The van der Waals surface area contributed by atoms with Crippen LogP contribution in [-0.2, 0) is 11.2 Å². The summed E-state index contributed by atoms with van der Waals surface area (Å²) in [5.41, 5.74) is 1.31. The van der Waals surface area contributed by atoms with E-state index in [9.17, 15) is 9.59 Å². The number of benzene rings is 1. The molecule has 27 heavy (non-hydrogen) atoms. The number of anilines is 1. The fourth-order valence-electron chi connectivity index (χ4n) is 2.62. The van der Waals surface area contributed by atoms with E-state index in [1.807, 2.05) is 6.92 Å². The first-order chi connectivity index (χ1) is 13.0. The van der Waals surface area contributed by atoms with Gasteiger partial charge < -0.3 is 5.32 Å². The number of aryl methyl sites for hydroxylation is 1. The van der Waals surface area contributed by atoms with Crippen molar-refractivity contribution in [2.75, 3.05) is 5.32 Å². The number of carbonyl (C=O) groups is 2. The zero-order chi connectivity index (χ0) is 19.4. The minimum Gasteiger partial charge on any atom is -0.325 e. The molecule has 5 nitrogen and oxygen atoms in total. The molecular weight excluding hydrogens is 378 g/mol. The van der Waals surface area contributed by atoms with Gasteiger partial charge in [-0.2, -0.15) is 0 Å². The SMILES string of the molecule is CCc1cc2c(SC(CC)C(=O)Nc3ccc(C(C)=O)cc3)ncnc2s1. The molecule has 0 spiro atoms. The van der Waals surface area contributed by atoms with Gasteiger partial charge in [0, 0.05) is 21.5 Å². The number of aromatic nitrogens is 2. The molecule has 3 rings (SSSR count). The Morgan fingerprint density at radius 1 is 1.19 bits per heavy atom. The van der Waals surface area contributed by atoms with Crippen LogP contribution in [0.4, 0.5) is 5.69 Å². The first-order valence-corrected chi connectivity index (χ1v) is 10.5. The Kier molecular flexibility index (Phi) is 6.23. The lowest BCUT2D eigenvalue weighted by Gasteiger charge is -2.14. The molecule has 1 N–H and O–H groups in total. The van der Waals surface area contributed by atoms with Gasteiger partial charge in [-0.25, -0.2) is 9.97 Å². The minimum absolute atomic E-state index is 0.00450. The molecule has 3 aromatic rings. The number of carbonyl (C=O) groups excluding carboxylic acids is 2. The number of thiophene rings is 1. The number of thioether (sulfide) groups is 1. The second-order valence-corrected chi connectivity index (χ2v) is 8.41. The Hall–Kier alpha value is -2.25. The predicted octanol–water partition coefficient (Wildman–Crippen LogP) is 4.97. The van der Waals surface area contributed by atoms with Gasteiger partial charge in [0.25, 0.3) is 0 Å². The van der Waals surface area contributed by atoms with Gasteiger partial charge in [-0.05, 0) is 50.1 Å². The van der Waals surface area contributed by atoms with Gasteiger partial charge >= 0.3 is 0 Å². The monoisotopic (exact) mass is 399 g/mol. The Morgan fingerprint density at radius 2 is 1.93 bits per heavy atom. The van der Waals surface area contributed by atoms with Crippen LogP contribution < -0.4 is 5.32 Å². The second-order valence-electron chi connectivity index (χ2n) is 6.10. The van der Waals surface area contributed by atoms with Crippen molar-refractivity contribution in [1.29, 1.82) is 0 Å². The van der Waals surface area contributed by atoms with Crippen molar-refractivity contribution < 1.29 is 9.59 Å². The summed E-state index contributed by atoms with van der Waals surface area (Å²) in [6.45, 7) is 5.62. The maximum atomic E-state index is 12.7. The van der Waals surface area contributed by atoms with Crippen LogP contribution in [0.5, 0.6) is 0 Å². The number of hydrogen-bond acceptors (Lipinski definition) is 6. The Morgan fingerprint density at radius 3 is 2.56 bits per heavy atom. The lowest BCUT2D eigenvalue weighted by Crippen LogP contribution is -2.24. The van der Waals surface area contributed by atoms with E-state index in [0.717, 1.165) is 21.7 Å². The predicted molar refractivity (Wildman–Crippen MR) is 112 cm³/mol. The third kappa shape index (κ3) is 4.54. The average molecular weight is 400 g/mol. The number of amides is 1. The summed E-state index contributed by atoms with van der Waals surface area (Å²) in [5, 5.41) is 4.52. The molecule has 1 unspecified atom stereocenters. The number of nitrogens with zero attached hydrogens (tertiary/aromatic N) is 2. The van der Waals surface area contributed by atoms with E-state index in [1.54, 1.807) is 41.9 Å². The van der Waals surface area contributed by atoms with E-state index in [2.05, 4.69) is 28.3 Å². The van der Waals surface area contributed by atoms with E-state index < -0.39 is 0 Å². The quantitative estimate of drug-likeness (QED) is 0.345. The van der Waals surface area contributed by atoms with Crippen LogP contribution in [0.15, 0.2) is 41.7 Å². The fraction of sp³-hybridized carbons (Fsp3) is 0.300. The van der Waals surface area contributed by atoms with Gasteiger partial charge in [0.15, 0.2) is 5.78 Å². The number of fused-ring (bicyclic) bond motifs is 1. The van der Waals surface area contributed by atoms with Crippen molar-refractivity contribution in [3.8, 4) is 0 Å². The summed E-state index contributed by atoms with van der Waals surface area (Å²) in [7, 11) is 0. The Bertz CT molecular complexity index is 967. The molecule has 0 saturated carbocycles. The van der Waals surface area contributed by atoms with E-state index in [4.69, 9.17) is 0 Å². The average Bonchev–Trinajstić information content (AvgIpc) is 3.10. The van der Waals surface area contributed by atoms with Crippen LogP contribution in [0.3, 0.4) is 0 Å². The zero-order valence-corrected chi connectivity index (χ0v) is 17.1. The third-order valence-corrected chi connectivity index (χ3v) is 6.74. The minimum atomic E-state index is -0.263. The molecule has 1 aromatic carbocycles. The molecule has 7 heteroatoms. The fourth-order valence-corrected chi connectivity index (χ4v) is 4.61. The molecule has 1 amide bonds. The largest absolute Gasteiger partial charge is 0.325 e. The van der Waals surface area contributed by atoms with Gasteiger partial charge in [0.2, 0.25) is 5.91 Å². The molecule has 0 aliphatic heterocycles. The first kappa shape index (κ1) is 19.5. The Balaban J connectivity index is 1.75. The third-order valence-electron chi connectivity index (χ3n) is 4.17. The topological polar surface area (TPSA) is 72.0 Å². The highest BCUT2D eigenvalue weighted by molar-refractivity contribution is 8.00. The highest BCUT2D eigenvalue weighted by Gasteiger charge is 2.21. The van der Waals surface area contributed by atoms with Crippen LogP contribution in [-0.4, -0.2) is 26.9 Å². The highest BCUT2D eigenvalue weighted by Crippen LogP contribution is 2.34. The van der Waals surface area contributed by atoms with Crippen molar-refractivity contribution in [2.24, 2.45) is 0 Å². The molecule has 2 aromatic heterocycles. The Labute approximate surface area is 166 Å². The molecule has 0 aliphatic carbocycles. The van der Waals surface area contributed by atoms with Crippen LogP contribution >= 0.6 is 23.1 Å². The maximum absolute atomic E-state index is 12.7. The van der Waals surface area contributed by atoms with Gasteiger partial charge in [0.1, 0.15) is 16.2 Å². The van der Waals surface area contributed by atoms with Gasteiger partial charge in [-0.3, -0.25) is 9.59 Å².